The quantitative estimate of drug-likeness (QED) is 0.920. The van der Waals surface area contributed by atoms with E-state index in [-0.39, 0.29) is 0 Å². The maximum absolute atomic E-state index is 6.21. The van der Waals surface area contributed by atoms with Gasteiger partial charge in [0, 0.05) is 24.2 Å². The molecule has 0 atom stereocenters. The van der Waals surface area contributed by atoms with Crippen LogP contribution in [0.5, 0.6) is 5.75 Å². The van der Waals surface area contributed by atoms with Crippen molar-refractivity contribution in [2.24, 2.45) is 7.05 Å². The fourth-order valence-electron chi connectivity index (χ4n) is 2.01. The molecule has 1 heterocycles. The number of aromatic nitrogens is 2. The van der Waals surface area contributed by atoms with Crippen LogP contribution >= 0.6 is 23.2 Å². The number of halogens is 2. The summed E-state index contributed by atoms with van der Waals surface area (Å²) in [6.07, 6.45) is 0. The average molecular weight is 314 g/mol. The van der Waals surface area contributed by atoms with Crippen molar-refractivity contribution < 1.29 is 4.74 Å². The molecule has 1 aromatic carbocycles. The normalized spacial score (nSPS) is 10.8. The molecule has 2 rings (SSSR count). The van der Waals surface area contributed by atoms with Gasteiger partial charge in [-0.05, 0) is 26.1 Å². The van der Waals surface area contributed by atoms with Crippen molar-refractivity contribution in [1.29, 1.82) is 0 Å². The lowest BCUT2D eigenvalue weighted by molar-refractivity contribution is 0.291. The highest BCUT2D eigenvalue weighted by atomic mass is 35.5. The fraction of sp³-hybridized carbons (Fsp3) is 0.357. The minimum absolute atomic E-state index is 0.354. The molecule has 0 radical (unpaired) electrons. The Labute approximate surface area is 128 Å². The molecule has 1 aromatic heterocycles. The Hall–Kier alpha value is -1.23. The van der Waals surface area contributed by atoms with Crippen LogP contribution in [0.15, 0.2) is 18.2 Å². The van der Waals surface area contributed by atoms with Crippen molar-refractivity contribution >= 4 is 23.2 Å². The number of nitrogens with zero attached hydrogens (tertiary/aromatic N) is 2. The van der Waals surface area contributed by atoms with Crippen LogP contribution < -0.4 is 10.1 Å². The van der Waals surface area contributed by atoms with E-state index in [2.05, 4.69) is 10.4 Å². The van der Waals surface area contributed by atoms with Crippen LogP contribution in [-0.2, 0) is 20.2 Å². The SMILES string of the molecule is CNCc1c(Cl)cccc1OCc1c(Cl)c(C)nn1C. The molecule has 0 aliphatic heterocycles. The third kappa shape index (κ3) is 3.08. The Morgan fingerprint density at radius 1 is 1.35 bits per heavy atom. The molecular weight excluding hydrogens is 297 g/mol. The largest absolute Gasteiger partial charge is 0.487 e. The van der Waals surface area contributed by atoms with Gasteiger partial charge in [0.2, 0.25) is 0 Å². The van der Waals surface area contributed by atoms with Crippen LogP contribution in [0.2, 0.25) is 10.0 Å². The number of ether oxygens (including phenoxy) is 1. The van der Waals surface area contributed by atoms with Crippen molar-refractivity contribution in [3.05, 3.63) is 45.2 Å². The predicted octanol–water partition coefficient (Wildman–Crippen LogP) is 3.33. The highest BCUT2D eigenvalue weighted by Gasteiger charge is 2.13. The van der Waals surface area contributed by atoms with Gasteiger partial charge in [-0.2, -0.15) is 5.10 Å². The molecule has 2 aromatic rings. The molecule has 0 aliphatic rings. The summed E-state index contributed by atoms with van der Waals surface area (Å²) in [4.78, 5) is 0. The number of nitrogens with one attached hydrogen (secondary N) is 1. The van der Waals surface area contributed by atoms with E-state index in [0.717, 1.165) is 22.7 Å². The molecule has 0 amide bonds. The Bertz CT molecular complexity index is 611. The second-order valence-electron chi connectivity index (χ2n) is 4.51. The number of rotatable bonds is 5. The molecule has 0 fully saturated rings. The van der Waals surface area contributed by atoms with Gasteiger partial charge in [0.1, 0.15) is 12.4 Å². The van der Waals surface area contributed by atoms with E-state index in [1.807, 2.05) is 39.2 Å². The van der Waals surface area contributed by atoms with E-state index in [4.69, 9.17) is 27.9 Å². The van der Waals surface area contributed by atoms with E-state index < -0.39 is 0 Å². The highest BCUT2D eigenvalue weighted by Crippen LogP contribution is 2.28. The van der Waals surface area contributed by atoms with Gasteiger partial charge in [-0.3, -0.25) is 4.68 Å². The number of benzene rings is 1. The van der Waals surface area contributed by atoms with Crippen molar-refractivity contribution in [1.82, 2.24) is 15.1 Å². The van der Waals surface area contributed by atoms with Crippen molar-refractivity contribution in [2.75, 3.05) is 7.05 Å². The van der Waals surface area contributed by atoms with Gasteiger partial charge in [0.25, 0.3) is 0 Å². The van der Waals surface area contributed by atoms with Crippen molar-refractivity contribution in [3.63, 3.8) is 0 Å². The molecule has 0 unspecified atom stereocenters. The lowest BCUT2D eigenvalue weighted by Gasteiger charge is -2.13. The highest BCUT2D eigenvalue weighted by molar-refractivity contribution is 6.32. The standard InChI is InChI=1S/C14H17Cl2N3O/c1-9-14(16)12(19(3)18-9)8-20-13-6-4-5-11(15)10(13)7-17-2/h4-6,17H,7-8H2,1-3H3. The lowest BCUT2D eigenvalue weighted by atomic mass is 10.2. The molecular formula is C14H17Cl2N3O. The zero-order valence-electron chi connectivity index (χ0n) is 11.7. The van der Waals surface area contributed by atoms with Crippen LogP contribution in [0.3, 0.4) is 0 Å². The van der Waals surface area contributed by atoms with Crippen molar-refractivity contribution in [2.45, 2.75) is 20.1 Å². The van der Waals surface area contributed by atoms with Gasteiger partial charge in [-0.15, -0.1) is 0 Å². The molecule has 0 bridgehead atoms. The fourth-order valence-corrected chi connectivity index (χ4v) is 2.45. The first-order chi connectivity index (χ1) is 9.54. The second kappa shape index (κ2) is 6.48. The lowest BCUT2D eigenvalue weighted by Crippen LogP contribution is -2.09. The maximum atomic E-state index is 6.21. The summed E-state index contributed by atoms with van der Waals surface area (Å²) >= 11 is 12.4. The van der Waals surface area contributed by atoms with Gasteiger partial charge < -0.3 is 10.1 Å². The molecule has 20 heavy (non-hydrogen) atoms. The van der Waals surface area contributed by atoms with Gasteiger partial charge in [-0.1, -0.05) is 29.3 Å². The van der Waals surface area contributed by atoms with Gasteiger partial charge in [0.15, 0.2) is 0 Å². The third-order valence-corrected chi connectivity index (χ3v) is 3.90. The molecule has 4 nitrogen and oxygen atoms in total. The first kappa shape index (κ1) is 15.2. The zero-order valence-corrected chi connectivity index (χ0v) is 13.2. The summed E-state index contributed by atoms with van der Waals surface area (Å²) in [5.41, 5.74) is 2.58. The van der Waals surface area contributed by atoms with E-state index >= 15 is 0 Å². The minimum Gasteiger partial charge on any atom is -0.487 e. The summed E-state index contributed by atoms with van der Waals surface area (Å²) in [5, 5.41) is 8.68. The van der Waals surface area contributed by atoms with Crippen LogP contribution in [0.4, 0.5) is 0 Å². The Balaban J connectivity index is 2.21. The van der Waals surface area contributed by atoms with Gasteiger partial charge >= 0.3 is 0 Å². The van der Waals surface area contributed by atoms with Crippen LogP contribution in [-0.4, -0.2) is 16.8 Å². The monoisotopic (exact) mass is 313 g/mol. The van der Waals surface area contributed by atoms with E-state index in [1.165, 1.54) is 0 Å². The van der Waals surface area contributed by atoms with Crippen molar-refractivity contribution in [3.8, 4) is 5.75 Å². The summed E-state index contributed by atoms with van der Waals surface area (Å²) in [6, 6.07) is 5.62. The molecule has 0 spiro atoms. The van der Waals surface area contributed by atoms with Crippen LogP contribution in [0.25, 0.3) is 0 Å². The molecule has 6 heteroatoms. The molecule has 108 valence electrons. The summed E-state index contributed by atoms with van der Waals surface area (Å²) in [5.74, 6) is 0.752. The van der Waals surface area contributed by atoms with Crippen LogP contribution in [0.1, 0.15) is 17.0 Å². The average Bonchev–Trinajstić information content (AvgIpc) is 2.65. The molecule has 1 N–H and O–H groups in total. The topological polar surface area (TPSA) is 39.1 Å². The molecule has 0 saturated heterocycles. The summed E-state index contributed by atoms with van der Waals surface area (Å²) in [6.45, 7) is 2.87. The maximum Gasteiger partial charge on any atom is 0.131 e. The van der Waals surface area contributed by atoms with E-state index in [1.54, 1.807) is 4.68 Å². The number of hydrogen-bond donors (Lipinski definition) is 1. The number of hydrogen-bond acceptors (Lipinski definition) is 3. The Morgan fingerprint density at radius 2 is 2.10 bits per heavy atom. The smallest absolute Gasteiger partial charge is 0.131 e. The summed E-state index contributed by atoms with van der Waals surface area (Å²) < 4.78 is 7.60. The minimum atomic E-state index is 0.354. The zero-order chi connectivity index (χ0) is 14.7. The van der Waals surface area contributed by atoms with Crippen LogP contribution in [0, 0.1) is 6.92 Å². The Kier molecular flexibility index (Phi) is 4.91. The molecule has 0 saturated carbocycles. The summed E-state index contributed by atoms with van der Waals surface area (Å²) in [7, 11) is 3.72. The predicted molar refractivity (Wildman–Crippen MR) is 81.5 cm³/mol. The first-order valence-electron chi connectivity index (χ1n) is 6.27. The van der Waals surface area contributed by atoms with Gasteiger partial charge in [0.05, 0.1) is 16.4 Å². The second-order valence-corrected chi connectivity index (χ2v) is 5.29. The van der Waals surface area contributed by atoms with E-state index in [0.29, 0.717) is 23.2 Å². The molecule has 0 aliphatic carbocycles. The van der Waals surface area contributed by atoms with E-state index in [9.17, 15) is 0 Å². The van der Waals surface area contributed by atoms with Gasteiger partial charge in [-0.25, -0.2) is 0 Å². The number of aryl methyl sites for hydroxylation is 2. The first-order valence-corrected chi connectivity index (χ1v) is 7.03. The Morgan fingerprint density at radius 3 is 2.70 bits per heavy atom. The third-order valence-electron chi connectivity index (χ3n) is 3.06.